The van der Waals surface area contributed by atoms with Gasteiger partial charge in [0.25, 0.3) is 0 Å². The van der Waals surface area contributed by atoms with E-state index in [0.29, 0.717) is 36.0 Å². The Morgan fingerprint density at radius 2 is 1.94 bits per heavy atom. The number of hydrogen-bond acceptors (Lipinski definition) is 8. The van der Waals surface area contributed by atoms with Crippen molar-refractivity contribution in [2.45, 2.75) is 35.0 Å². The van der Waals surface area contributed by atoms with Crippen LogP contribution in [0.1, 0.15) is 23.8 Å². The van der Waals surface area contributed by atoms with Gasteiger partial charge in [-0.05, 0) is 48.4 Å². The first-order chi connectivity index (χ1) is 15.4. The number of thiophene rings is 1. The number of ether oxygens (including phenoxy) is 2. The number of carbonyl (C=O) groups is 1. The number of esters is 1. The number of hydrogen-bond donors (Lipinski definition) is 2. The fourth-order valence-corrected chi connectivity index (χ4v) is 5.38. The molecule has 0 unspecified atom stereocenters. The predicted octanol–water partition coefficient (Wildman–Crippen LogP) is 4.12. The summed E-state index contributed by atoms with van der Waals surface area (Å²) in [5.41, 5.74) is -1.25. The molecule has 0 atom stereocenters. The molecule has 0 spiro atoms. The molecule has 12 heteroatoms. The number of rotatable bonds is 10. The SMILES string of the molecule is CCCOc1cc(CC(=O)OC)cc(S(=O)(=O)c2ccc(C(=N)/C=C(\NC)C(F)(F)F)s2)c1. The van der Waals surface area contributed by atoms with Crippen LogP contribution in [0.2, 0.25) is 0 Å². The first kappa shape index (κ1) is 26.4. The van der Waals surface area contributed by atoms with Crippen LogP contribution in [-0.2, 0) is 25.8 Å². The van der Waals surface area contributed by atoms with Gasteiger partial charge < -0.3 is 14.8 Å². The first-order valence-corrected chi connectivity index (χ1v) is 12.0. The van der Waals surface area contributed by atoms with Crippen LogP contribution in [0.25, 0.3) is 0 Å². The summed E-state index contributed by atoms with van der Waals surface area (Å²) in [7, 11) is -1.80. The Kier molecular flexibility index (Phi) is 8.67. The van der Waals surface area contributed by atoms with E-state index in [4.69, 9.17) is 10.1 Å². The molecule has 0 aliphatic heterocycles. The van der Waals surface area contributed by atoms with E-state index in [1.165, 1.54) is 31.4 Å². The van der Waals surface area contributed by atoms with Crippen molar-refractivity contribution in [3.05, 3.63) is 52.5 Å². The number of benzene rings is 1. The molecule has 2 rings (SSSR count). The molecule has 0 fully saturated rings. The van der Waals surface area contributed by atoms with Crippen LogP contribution in [0.3, 0.4) is 0 Å². The van der Waals surface area contributed by atoms with Gasteiger partial charge in [-0.25, -0.2) is 8.42 Å². The summed E-state index contributed by atoms with van der Waals surface area (Å²) in [6.07, 6.45) is -3.57. The lowest BCUT2D eigenvalue weighted by molar-refractivity contribution is -0.139. The zero-order chi connectivity index (χ0) is 24.8. The number of sulfone groups is 1. The van der Waals surface area contributed by atoms with E-state index < -0.39 is 33.4 Å². The van der Waals surface area contributed by atoms with Gasteiger partial charge in [0.2, 0.25) is 9.84 Å². The first-order valence-electron chi connectivity index (χ1n) is 9.66. The number of carbonyl (C=O) groups excluding carboxylic acids is 1. The quantitative estimate of drug-likeness (QED) is 0.373. The fraction of sp³-hybridized carbons (Fsp3) is 0.333. The Bertz CT molecular complexity index is 1150. The number of nitrogens with one attached hydrogen (secondary N) is 2. The molecule has 0 radical (unpaired) electrons. The highest BCUT2D eigenvalue weighted by molar-refractivity contribution is 7.93. The highest BCUT2D eigenvalue weighted by atomic mass is 32.2. The van der Waals surface area contributed by atoms with Gasteiger partial charge in [0, 0.05) is 7.05 Å². The molecule has 1 aromatic heterocycles. The topological polar surface area (TPSA) is 106 Å². The van der Waals surface area contributed by atoms with Crippen molar-refractivity contribution in [3.8, 4) is 5.75 Å². The molecule has 0 aliphatic carbocycles. The summed E-state index contributed by atoms with van der Waals surface area (Å²) >= 11 is 0.669. The Morgan fingerprint density at radius 1 is 1.24 bits per heavy atom. The normalized spacial score (nSPS) is 12.4. The van der Waals surface area contributed by atoms with Crippen molar-refractivity contribution in [1.82, 2.24) is 5.32 Å². The van der Waals surface area contributed by atoms with E-state index in [1.807, 2.05) is 12.2 Å². The number of alkyl halides is 3. The second-order valence-electron chi connectivity index (χ2n) is 6.76. The summed E-state index contributed by atoms with van der Waals surface area (Å²) in [5, 5.41) is 9.92. The minimum Gasteiger partial charge on any atom is -0.494 e. The molecule has 1 heterocycles. The molecule has 33 heavy (non-hydrogen) atoms. The van der Waals surface area contributed by atoms with Gasteiger partial charge in [-0.1, -0.05) is 6.92 Å². The van der Waals surface area contributed by atoms with Crippen LogP contribution >= 0.6 is 11.3 Å². The summed E-state index contributed by atoms with van der Waals surface area (Å²) in [4.78, 5) is 11.6. The van der Waals surface area contributed by atoms with Crippen LogP contribution in [0.15, 0.2) is 51.2 Å². The lowest BCUT2D eigenvalue weighted by atomic mass is 10.1. The fourth-order valence-electron chi connectivity index (χ4n) is 2.67. The summed E-state index contributed by atoms with van der Waals surface area (Å²) in [6, 6.07) is 6.68. The molecule has 0 saturated heterocycles. The third kappa shape index (κ3) is 6.81. The van der Waals surface area contributed by atoms with Crippen molar-refractivity contribution in [2.24, 2.45) is 0 Å². The predicted molar refractivity (Wildman–Crippen MR) is 118 cm³/mol. The van der Waals surface area contributed by atoms with Gasteiger partial charge in [0.05, 0.1) is 35.6 Å². The van der Waals surface area contributed by atoms with Crippen LogP contribution in [0.5, 0.6) is 5.75 Å². The zero-order valence-corrected chi connectivity index (χ0v) is 19.7. The number of methoxy groups -OCH3 is 1. The van der Waals surface area contributed by atoms with E-state index in [2.05, 4.69) is 4.74 Å². The second kappa shape index (κ2) is 10.8. The molecular formula is C21H23F3N2O5S2. The largest absolute Gasteiger partial charge is 0.494 e. The monoisotopic (exact) mass is 504 g/mol. The maximum atomic E-state index is 13.2. The molecule has 180 valence electrons. The smallest absolute Gasteiger partial charge is 0.430 e. The minimum atomic E-state index is -4.68. The molecule has 2 aromatic rings. The van der Waals surface area contributed by atoms with Crippen molar-refractivity contribution in [2.75, 3.05) is 20.8 Å². The Morgan fingerprint density at radius 3 is 2.52 bits per heavy atom. The van der Waals surface area contributed by atoms with E-state index in [0.717, 1.165) is 7.05 Å². The lowest BCUT2D eigenvalue weighted by Crippen LogP contribution is -2.24. The van der Waals surface area contributed by atoms with Gasteiger partial charge in [0.1, 0.15) is 15.7 Å². The standard InChI is InChI=1S/C21H23F3N2O5S2/c1-4-7-31-14-8-13(10-19(27)30-3)9-15(11-14)33(28,29)20-6-5-17(32-20)16(25)12-18(26-2)21(22,23)24/h5-6,8-9,11-12,25-26H,4,7,10H2,1-3H3/b18-12-,25-16?. The summed E-state index contributed by atoms with van der Waals surface area (Å²) in [6.45, 7) is 2.21. The molecule has 0 aliphatic rings. The maximum absolute atomic E-state index is 13.2. The molecule has 0 bridgehead atoms. The third-order valence-corrected chi connectivity index (χ3v) is 7.62. The Hall–Kier alpha value is -2.86. The Labute approximate surface area is 193 Å². The average molecular weight is 505 g/mol. The summed E-state index contributed by atoms with van der Waals surface area (Å²) < 4.78 is 75.2. The Balaban J connectivity index is 2.44. The molecule has 2 N–H and O–H groups in total. The van der Waals surface area contributed by atoms with Crippen molar-refractivity contribution in [1.29, 1.82) is 5.41 Å². The van der Waals surface area contributed by atoms with E-state index >= 15 is 0 Å². The highest BCUT2D eigenvalue weighted by Crippen LogP contribution is 2.32. The third-order valence-electron chi connectivity index (χ3n) is 4.27. The zero-order valence-electron chi connectivity index (χ0n) is 18.1. The molecule has 1 aromatic carbocycles. The van der Waals surface area contributed by atoms with Gasteiger partial charge in [-0.2, -0.15) is 13.2 Å². The van der Waals surface area contributed by atoms with E-state index in [9.17, 15) is 26.4 Å². The minimum absolute atomic E-state index is 0.0405. The van der Waals surface area contributed by atoms with Crippen LogP contribution in [-0.4, -0.2) is 47.0 Å². The maximum Gasteiger partial charge on any atom is 0.430 e. The van der Waals surface area contributed by atoms with Crippen molar-refractivity contribution >= 4 is 32.9 Å². The van der Waals surface area contributed by atoms with Crippen LogP contribution in [0.4, 0.5) is 13.2 Å². The van der Waals surface area contributed by atoms with Crippen LogP contribution < -0.4 is 10.1 Å². The molecular weight excluding hydrogens is 481 g/mol. The van der Waals surface area contributed by atoms with Gasteiger partial charge in [-0.3, -0.25) is 10.2 Å². The number of halogens is 3. The van der Waals surface area contributed by atoms with Gasteiger partial charge >= 0.3 is 12.1 Å². The molecule has 7 nitrogen and oxygen atoms in total. The molecule has 0 amide bonds. The van der Waals surface area contributed by atoms with Crippen LogP contribution in [0, 0.1) is 5.41 Å². The highest BCUT2D eigenvalue weighted by Gasteiger charge is 2.33. The van der Waals surface area contributed by atoms with Gasteiger partial charge in [-0.15, -0.1) is 11.3 Å². The average Bonchev–Trinajstić information content (AvgIpc) is 3.26. The van der Waals surface area contributed by atoms with Crippen molar-refractivity contribution in [3.63, 3.8) is 0 Å². The van der Waals surface area contributed by atoms with Crippen molar-refractivity contribution < 1.29 is 35.9 Å². The van der Waals surface area contributed by atoms with Gasteiger partial charge in [0.15, 0.2) is 0 Å². The van der Waals surface area contributed by atoms with E-state index in [1.54, 1.807) is 6.07 Å². The lowest BCUT2D eigenvalue weighted by Gasteiger charge is -2.11. The second-order valence-corrected chi connectivity index (χ2v) is 10.0. The molecule has 0 saturated carbocycles. The summed E-state index contributed by atoms with van der Waals surface area (Å²) in [5.74, 6) is -0.303. The van der Waals surface area contributed by atoms with E-state index in [-0.39, 0.29) is 26.2 Å². The number of allylic oxidation sites excluding steroid dienone is 2.